The minimum atomic E-state index is -0.840. The lowest BCUT2D eigenvalue weighted by Gasteiger charge is -2.11. The number of carbonyl (C=O) groups excluding carboxylic acids is 1. The van der Waals surface area contributed by atoms with Crippen LogP contribution in [-0.2, 0) is 9.59 Å². The van der Waals surface area contributed by atoms with Gasteiger partial charge in [-0.15, -0.1) is 0 Å². The lowest BCUT2D eigenvalue weighted by atomic mass is 9.98. The predicted octanol–water partition coefficient (Wildman–Crippen LogP) is 3.56. The fraction of sp³-hybridized carbons (Fsp3) is 0.429. The van der Waals surface area contributed by atoms with Crippen LogP contribution in [0.15, 0.2) is 24.3 Å². The second kappa shape index (κ2) is 7.79. The van der Waals surface area contributed by atoms with E-state index in [-0.39, 0.29) is 12.3 Å². The van der Waals surface area contributed by atoms with Crippen molar-refractivity contribution in [3.8, 4) is 0 Å². The van der Waals surface area contributed by atoms with Crippen LogP contribution in [0.1, 0.15) is 32.6 Å². The Bertz CT molecular complexity index is 448. The number of amides is 1. The van der Waals surface area contributed by atoms with Crippen LogP contribution in [0.2, 0.25) is 5.02 Å². The highest BCUT2D eigenvalue weighted by molar-refractivity contribution is 6.33. The molecule has 1 rings (SSSR count). The number of nitrogens with one attached hydrogen (secondary N) is 1. The van der Waals surface area contributed by atoms with E-state index in [9.17, 15) is 9.59 Å². The molecule has 0 unspecified atom stereocenters. The fourth-order valence-electron chi connectivity index (χ4n) is 1.82. The minimum absolute atomic E-state index is 0.183. The van der Waals surface area contributed by atoms with Crippen molar-refractivity contribution in [1.29, 1.82) is 0 Å². The predicted molar refractivity (Wildman–Crippen MR) is 75.3 cm³/mol. The molecule has 0 spiro atoms. The molecule has 0 saturated heterocycles. The van der Waals surface area contributed by atoms with Gasteiger partial charge >= 0.3 is 5.97 Å². The molecular formula is C14H18ClNO3. The van der Waals surface area contributed by atoms with Gasteiger partial charge in [0, 0.05) is 6.42 Å². The number of benzene rings is 1. The van der Waals surface area contributed by atoms with Gasteiger partial charge in [0.2, 0.25) is 5.91 Å². The minimum Gasteiger partial charge on any atom is -0.481 e. The number of hydrogen-bond acceptors (Lipinski definition) is 2. The van der Waals surface area contributed by atoms with Crippen molar-refractivity contribution < 1.29 is 14.7 Å². The number of para-hydroxylation sites is 1. The third-order valence-corrected chi connectivity index (χ3v) is 3.18. The summed E-state index contributed by atoms with van der Waals surface area (Å²) in [6.07, 6.45) is 1.92. The number of carbonyl (C=O) groups is 2. The van der Waals surface area contributed by atoms with Gasteiger partial charge < -0.3 is 10.4 Å². The SMILES string of the molecule is CCC[C@@H](CCC(=O)Nc1ccccc1Cl)C(=O)O. The van der Waals surface area contributed by atoms with Gasteiger partial charge in [-0.2, -0.15) is 0 Å². The Kier molecular flexibility index (Phi) is 6.36. The highest BCUT2D eigenvalue weighted by Crippen LogP contribution is 2.21. The van der Waals surface area contributed by atoms with Crippen molar-refractivity contribution in [2.24, 2.45) is 5.92 Å². The largest absolute Gasteiger partial charge is 0.481 e. The molecule has 0 fully saturated rings. The molecule has 1 aromatic carbocycles. The molecule has 4 nitrogen and oxygen atoms in total. The lowest BCUT2D eigenvalue weighted by molar-refractivity contribution is -0.142. The number of rotatable bonds is 7. The summed E-state index contributed by atoms with van der Waals surface area (Å²) in [6.45, 7) is 1.93. The van der Waals surface area contributed by atoms with Crippen molar-refractivity contribution >= 4 is 29.2 Å². The van der Waals surface area contributed by atoms with Gasteiger partial charge in [0.25, 0.3) is 0 Å². The summed E-state index contributed by atoms with van der Waals surface area (Å²) < 4.78 is 0. The molecule has 0 aliphatic carbocycles. The smallest absolute Gasteiger partial charge is 0.306 e. The zero-order chi connectivity index (χ0) is 14.3. The van der Waals surface area contributed by atoms with Gasteiger partial charge in [0.05, 0.1) is 16.6 Å². The van der Waals surface area contributed by atoms with Crippen LogP contribution >= 0.6 is 11.6 Å². The van der Waals surface area contributed by atoms with Crippen molar-refractivity contribution in [1.82, 2.24) is 0 Å². The maximum atomic E-state index is 11.7. The van der Waals surface area contributed by atoms with Crippen LogP contribution in [0.4, 0.5) is 5.69 Å². The maximum Gasteiger partial charge on any atom is 0.306 e. The highest BCUT2D eigenvalue weighted by Gasteiger charge is 2.17. The van der Waals surface area contributed by atoms with Crippen molar-refractivity contribution in [3.63, 3.8) is 0 Å². The second-order valence-electron chi connectivity index (χ2n) is 4.39. The number of aliphatic carboxylic acids is 1. The topological polar surface area (TPSA) is 66.4 Å². The molecule has 1 amide bonds. The fourth-order valence-corrected chi connectivity index (χ4v) is 2.00. The van der Waals surface area contributed by atoms with Crippen molar-refractivity contribution in [2.45, 2.75) is 32.6 Å². The van der Waals surface area contributed by atoms with E-state index in [2.05, 4.69) is 5.32 Å². The molecule has 1 atom stereocenters. The van der Waals surface area contributed by atoms with Gasteiger partial charge in [-0.25, -0.2) is 0 Å². The van der Waals surface area contributed by atoms with E-state index >= 15 is 0 Å². The van der Waals surface area contributed by atoms with E-state index in [0.29, 0.717) is 23.6 Å². The monoisotopic (exact) mass is 283 g/mol. The van der Waals surface area contributed by atoms with E-state index in [0.717, 1.165) is 6.42 Å². The molecule has 0 aliphatic heterocycles. The molecule has 1 aromatic rings. The Balaban J connectivity index is 2.47. The molecule has 0 radical (unpaired) electrons. The quantitative estimate of drug-likeness (QED) is 0.804. The summed E-state index contributed by atoms with van der Waals surface area (Å²) in [6, 6.07) is 6.95. The van der Waals surface area contributed by atoms with Gasteiger partial charge in [0.1, 0.15) is 0 Å². The Morgan fingerprint density at radius 3 is 2.58 bits per heavy atom. The van der Waals surface area contributed by atoms with E-state index in [1.165, 1.54) is 0 Å². The summed E-state index contributed by atoms with van der Waals surface area (Å²) >= 11 is 5.92. The molecule has 0 bridgehead atoms. The summed E-state index contributed by atoms with van der Waals surface area (Å²) in [5, 5.41) is 12.2. The molecule has 19 heavy (non-hydrogen) atoms. The molecule has 0 heterocycles. The van der Waals surface area contributed by atoms with E-state index in [1.54, 1.807) is 24.3 Å². The molecule has 5 heteroatoms. The van der Waals surface area contributed by atoms with E-state index in [1.807, 2.05) is 6.92 Å². The Hall–Kier alpha value is -1.55. The number of anilines is 1. The van der Waals surface area contributed by atoms with Gasteiger partial charge in [-0.3, -0.25) is 9.59 Å². The third-order valence-electron chi connectivity index (χ3n) is 2.85. The highest BCUT2D eigenvalue weighted by atomic mass is 35.5. The number of halogens is 1. The molecule has 0 aliphatic rings. The second-order valence-corrected chi connectivity index (χ2v) is 4.80. The number of hydrogen-bond donors (Lipinski definition) is 2. The first kappa shape index (κ1) is 15.5. The molecule has 0 saturated carbocycles. The van der Waals surface area contributed by atoms with Crippen LogP contribution in [0.25, 0.3) is 0 Å². The summed E-state index contributed by atoms with van der Waals surface area (Å²) in [5.74, 6) is -1.51. The first-order valence-corrected chi connectivity index (χ1v) is 6.69. The summed E-state index contributed by atoms with van der Waals surface area (Å²) in [5.41, 5.74) is 0.552. The van der Waals surface area contributed by atoms with Crippen molar-refractivity contribution in [2.75, 3.05) is 5.32 Å². The number of carboxylic acids is 1. The third kappa shape index (κ3) is 5.30. The summed E-state index contributed by atoms with van der Waals surface area (Å²) in [4.78, 5) is 22.7. The zero-order valence-corrected chi connectivity index (χ0v) is 11.6. The van der Waals surface area contributed by atoms with Crippen LogP contribution in [0.5, 0.6) is 0 Å². The molecule has 104 valence electrons. The number of carboxylic acid groups (broad SMARTS) is 1. The van der Waals surface area contributed by atoms with E-state index in [4.69, 9.17) is 16.7 Å². The molecule has 0 aromatic heterocycles. The van der Waals surface area contributed by atoms with Crippen LogP contribution in [0, 0.1) is 5.92 Å². The lowest BCUT2D eigenvalue weighted by Crippen LogP contribution is -2.18. The Labute approximate surface area is 117 Å². The van der Waals surface area contributed by atoms with Crippen LogP contribution < -0.4 is 5.32 Å². The first-order valence-electron chi connectivity index (χ1n) is 6.31. The zero-order valence-electron chi connectivity index (χ0n) is 10.9. The van der Waals surface area contributed by atoms with Crippen molar-refractivity contribution in [3.05, 3.63) is 29.3 Å². The Morgan fingerprint density at radius 1 is 1.32 bits per heavy atom. The standard InChI is InChI=1S/C14H18ClNO3/c1-2-5-10(14(18)19)8-9-13(17)16-12-7-4-3-6-11(12)15/h3-4,6-7,10H,2,5,8-9H2,1H3,(H,16,17)(H,18,19)/t10-/m0/s1. The Morgan fingerprint density at radius 2 is 2.00 bits per heavy atom. The average molecular weight is 284 g/mol. The first-order chi connectivity index (χ1) is 9.04. The molecular weight excluding hydrogens is 266 g/mol. The van der Waals surface area contributed by atoms with E-state index < -0.39 is 11.9 Å². The van der Waals surface area contributed by atoms with Crippen LogP contribution in [-0.4, -0.2) is 17.0 Å². The average Bonchev–Trinajstić information content (AvgIpc) is 2.37. The molecule has 2 N–H and O–H groups in total. The summed E-state index contributed by atoms with van der Waals surface area (Å²) in [7, 11) is 0. The van der Waals surface area contributed by atoms with Crippen LogP contribution in [0.3, 0.4) is 0 Å². The van der Waals surface area contributed by atoms with Gasteiger partial charge in [0.15, 0.2) is 0 Å². The normalized spacial score (nSPS) is 11.9. The maximum absolute atomic E-state index is 11.7. The van der Waals surface area contributed by atoms with Gasteiger partial charge in [-0.1, -0.05) is 37.1 Å². The van der Waals surface area contributed by atoms with Gasteiger partial charge in [-0.05, 0) is 25.0 Å².